The van der Waals surface area contributed by atoms with Gasteiger partial charge in [-0.1, -0.05) is 11.6 Å². The van der Waals surface area contributed by atoms with E-state index in [1.54, 1.807) is 0 Å². The number of aromatic nitrogens is 1. The second-order valence-corrected chi connectivity index (χ2v) is 5.17. The highest BCUT2D eigenvalue weighted by molar-refractivity contribution is 6.31. The van der Waals surface area contributed by atoms with Gasteiger partial charge in [-0.15, -0.1) is 0 Å². The molecular formula is C14H14ClNO2. The third-order valence-corrected chi connectivity index (χ3v) is 3.92. The standard InChI is InChI=1S/C14H14ClNO2/c1-18-14(17)8-2-4-10-11-7-9(15)3-5-12(11)16-13(10)6-8/h3,5,7-8,16H,2,4,6H2,1H3. The van der Waals surface area contributed by atoms with Gasteiger partial charge in [-0.3, -0.25) is 4.79 Å². The van der Waals surface area contributed by atoms with Crippen LogP contribution in [0.15, 0.2) is 18.2 Å². The zero-order chi connectivity index (χ0) is 12.7. The topological polar surface area (TPSA) is 42.1 Å². The molecule has 1 heterocycles. The van der Waals surface area contributed by atoms with E-state index < -0.39 is 0 Å². The van der Waals surface area contributed by atoms with Crippen molar-refractivity contribution in [1.29, 1.82) is 0 Å². The van der Waals surface area contributed by atoms with Crippen LogP contribution < -0.4 is 0 Å². The van der Waals surface area contributed by atoms with Crippen LogP contribution in [0.4, 0.5) is 0 Å². The van der Waals surface area contributed by atoms with Gasteiger partial charge >= 0.3 is 5.97 Å². The van der Waals surface area contributed by atoms with Gasteiger partial charge in [0.15, 0.2) is 0 Å². The number of carbonyl (C=O) groups excluding carboxylic acids is 1. The van der Waals surface area contributed by atoms with E-state index in [1.165, 1.54) is 18.1 Å². The van der Waals surface area contributed by atoms with Gasteiger partial charge in [0.05, 0.1) is 13.0 Å². The van der Waals surface area contributed by atoms with Crippen molar-refractivity contribution in [1.82, 2.24) is 4.98 Å². The number of ether oxygens (including phenoxy) is 1. The summed E-state index contributed by atoms with van der Waals surface area (Å²) in [5.74, 6) is -0.136. The predicted molar refractivity (Wildman–Crippen MR) is 70.8 cm³/mol. The Balaban J connectivity index is 2.02. The summed E-state index contributed by atoms with van der Waals surface area (Å²) >= 11 is 6.03. The van der Waals surface area contributed by atoms with Crippen molar-refractivity contribution in [3.63, 3.8) is 0 Å². The molecule has 0 fully saturated rings. The first-order valence-electron chi connectivity index (χ1n) is 6.06. The Bertz CT molecular complexity index is 618. The Hall–Kier alpha value is -1.48. The Kier molecular flexibility index (Phi) is 2.78. The molecule has 1 aromatic heterocycles. The van der Waals surface area contributed by atoms with E-state index in [1.807, 2.05) is 18.2 Å². The molecule has 0 aliphatic heterocycles. The number of fused-ring (bicyclic) bond motifs is 3. The van der Waals surface area contributed by atoms with Gasteiger partial charge in [0.2, 0.25) is 0 Å². The first-order chi connectivity index (χ1) is 8.69. The second-order valence-electron chi connectivity index (χ2n) is 4.73. The highest BCUT2D eigenvalue weighted by Gasteiger charge is 2.27. The monoisotopic (exact) mass is 263 g/mol. The molecule has 94 valence electrons. The minimum Gasteiger partial charge on any atom is -0.469 e. The minimum atomic E-state index is -0.114. The molecular weight excluding hydrogens is 250 g/mol. The van der Waals surface area contributed by atoms with Gasteiger partial charge in [-0.05, 0) is 36.6 Å². The molecule has 1 aromatic carbocycles. The smallest absolute Gasteiger partial charge is 0.309 e. The summed E-state index contributed by atoms with van der Waals surface area (Å²) in [5, 5.41) is 1.93. The van der Waals surface area contributed by atoms with Crippen LogP contribution in [0, 0.1) is 5.92 Å². The SMILES string of the molecule is COC(=O)C1CCc2c([nH]c3ccc(Cl)cc23)C1. The number of methoxy groups -OCH3 is 1. The number of aryl methyl sites for hydroxylation is 1. The van der Waals surface area contributed by atoms with Crippen molar-refractivity contribution in [3.8, 4) is 0 Å². The minimum absolute atomic E-state index is 0.0222. The lowest BCUT2D eigenvalue weighted by Gasteiger charge is -2.19. The van der Waals surface area contributed by atoms with E-state index in [2.05, 4.69) is 4.98 Å². The van der Waals surface area contributed by atoms with E-state index in [-0.39, 0.29) is 11.9 Å². The molecule has 0 saturated heterocycles. The second kappa shape index (κ2) is 4.32. The molecule has 1 N–H and O–H groups in total. The fraction of sp³-hybridized carbons (Fsp3) is 0.357. The lowest BCUT2D eigenvalue weighted by molar-refractivity contribution is -0.145. The zero-order valence-corrected chi connectivity index (χ0v) is 10.9. The molecule has 0 bridgehead atoms. The largest absolute Gasteiger partial charge is 0.469 e. The lowest BCUT2D eigenvalue weighted by atomic mass is 9.87. The van der Waals surface area contributed by atoms with Crippen LogP contribution in [0.25, 0.3) is 10.9 Å². The van der Waals surface area contributed by atoms with Crippen molar-refractivity contribution >= 4 is 28.5 Å². The van der Waals surface area contributed by atoms with Gasteiger partial charge in [0, 0.05) is 28.0 Å². The lowest BCUT2D eigenvalue weighted by Crippen LogP contribution is -2.23. The molecule has 1 aliphatic rings. The maximum absolute atomic E-state index is 11.6. The first-order valence-corrected chi connectivity index (χ1v) is 6.43. The summed E-state index contributed by atoms with van der Waals surface area (Å²) in [4.78, 5) is 15.0. The Morgan fingerprint density at radius 2 is 2.33 bits per heavy atom. The van der Waals surface area contributed by atoms with Gasteiger partial charge in [-0.25, -0.2) is 0 Å². The molecule has 0 spiro atoms. The van der Waals surface area contributed by atoms with E-state index >= 15 is 0 Å². The molecule has 0 saturated carbocycles. The Morgan fingerprint density at radius 1 is 1.50 bits per heavy atom. The molecule has 3 nitrogen and oxygen atoms in total. The first kappa shape index (κ1) is 11.6. The average Bonchev–Trinajstić information content (AvgIpc) is 2.74. The third-order valence-electron chi connectivity index (χ3n) is 3.68. The highest BCUT2D eigenvalue weighted by atomic mass is 35.5. The average molecular weight is 264 g/mol. The summed E-state index contributed by atoms with van der Waals surface area (Å²) in [6, 6.07) is 5.86. The predicted octanol–water partition coefficient (Wildman–Crippen LogP) is 3.10. The molecule has 1 aliphatic carbocycles. The summed E-state index contributed by atoms with van der Waals surface area (Å²) in [5.41, 5.74) is 3.54. The molecule has 2 aromatic rings. The van der Waals surface area contributed by atoms with Crippen LogP contribution in [-0.4, -0.2) is 18.1 Å². The molecule has 4 heteroatoms. The number of benzene rings is 1. The zero-order valence-electron chi connectivity index (χ0n) is 10.1. The normalized spacial score (nSPS) is 18.7. The number of hydrogen-bond donors (Lipinski definition) is 1. The van der Waals surface area contributed by atoms with Crippen molar-refractivity contribution in [2.24, 2.45) is 5.92 Å². The number of aromatic amines is 1. The van der Waals surface area contributed by atoms with Crippen molar-refractivity contribution in [2.45, 2.75) is 19.3 Å². The summed E-state index contributed by atoms with van der Waals surface area (Å²) in [7, 11) is 1.45. The fourth-order valence-electron chi connectivity index (χ4n) is 2.77. The van der Waals surface area contributed by atoms with Crippen LogP contribution in [-0.2, 0) is 22.4 Å². The number of rotatable bonds is 1. The van der Waals surface area contributed by atoms with Gasteiger partial charge in [-0.2, -0.15) is 0 Å². The van der Waals surface area contributed by atoms with Crippen molar-refractivity contribution < 1.29 is 9.53 Å². The van der Waals surface area contributed by atoms with Crippen molar-refractivity contribution in [3.05, 3.63) is 34.5 Å². The number of halogens is 1. The molecule has 3 rings (SSSR count). The number of H-pyrrole nitrogens is 1. The molecule has 18 heavy (non-hydrogen) atoms. The number of carbonyl (C=O) groups is 1. The van der Waals surface area contributed by atoms with Crippen LogP contribution in [0.3, 0.4) is 0 Å². The maximum atomic E-state index is 11.6. The summed E-state index contributed by atoms with van der Waals surface area (Å²) in [6.07, 6.45) is 2.48. The van der Waals surface area contributed by atoms with Gasteiger partial charge in [0.1, 0.15) is 0 Å². The van der Waals surface area contributed by atoms with Crippen LogP contribution in [0.2, 0.25) is 5.02 Å². The Labute approximate surface area is 110 Å². The van der Waals surface area contributed by atoms with E-state index in [4.69, 9.17) is 16.3 Å². The number of nitrogens with one attached hydrogen (secondary N) is 1. The Morgan fingerprint density at radius 3 is 3.11 bits per heavy atom. The van der Waals surface area contributed by atoms with Crippen molar-refractivity contribution in [2.75, 3.05) is 7.11 Å². The van der Waals surface area contributed by atoms with E-state index in [9.17, 15) is 4.79 Å². The molecule has 1 unspecified atom stereocenters. The fourth-order valence-corrected chi connectivity index (χ4v) is 2.94. The summed E-state index contributed by atoms with van der Waals surface area (Å²) in [6.45, 7) is 0. The summed E-state index contributed by atoms with van der Waals surface area (Å²) < 4.78 is 4.82. The van der Waals surface area contributed by atoms with Crippen LogP contribution in [0.1, 0.15) is 17.7 Å². The van der Waals surface area contributed by atoms with Gasteiger partial charge < -0.3 is 9.72 Å². The van der Waals surface area contributed by atoms with E-state index in [0.717, 1.165) is 35.5 Å². The van der Waals surface area contributed by atoms with Gasteiger partial charge in [0.25, 0.3) is 0 Å². The number of hydrogen-bond acceptors (Lipinski definition) is 2. The highest BCUT2D eigenvalue weighted by Crippen LogP contribution is 2.33. The maximum Gasteiger partial charge on any atom is 0.309 e. The van der Waals surface area contributed by atoms with E-state index in [0.29, 0.717) is 0 Å². The van der Waals surface area contributed by atoms with Crippen LogP contribution >= 0.6 is 11.6 Å². The molecule has 0 radical (unpaired) electrons. The molecule has 0 amide bonds. The third kappa shape index (κ3) is 1.79. The van der Waals surface area contributed by atoms with Crippen LogP contribution in [0.5, 0.6) is 0 Å². The quantitative estimate of drug-likeness (QED) is 0.804. The number of esters is 1. The molecule has 1 atom stereocenters.